The van der Waals surface area contributed by atoms with E-state index in [2.05, 4.69) is 0 Å². The molecule has 8 nitrogen and oxygen atoms in total. The van der Waals surface area contributed by atoms with Gasteiger partial charge >= 0.3 is 17.9 Å². The number of hydrogen-bond donors (Lipinski definition) is 2. The lowest BCUT2D eigenvalue weighted by Crippen LogP contribution is -2.18. The maximum Gasteiger partial charge on any atom is 0.336 e. The second-order valence-electron chi connectivity index (χ2n) is 6.96. The zero-order chi connectivity index (χ0) is 22.7. The Balaban J connectivity index is 3.56. The molecule has 0 heterocycles. The fraction of sp³-hybridized carbons (Fsp3) is 0.545. The number of aromatic carboxylic acids is 1. The number of phenolic OH excluding ortho intramolecular Hbond substituents is 1. The fourth-order valence-electron chi connectivity index (χ4n) is 2.70. The lowest BCUT2D eigenvalue weighted by molar-refractivity contribution is -0.137. The highest BCUT2D eigenvalue weighted by Gasteiger charge is 2.30. The minimum Gasteiger partial charge on any atom is -0.504 e. The van der Waals surface area contributed by atoms with E-state index in [9.17, 15) is 29.4 Å². The van der Waals surface area contributed by atoms with Crippen molar-refractivity contribution in [2.75, 3.05) is 0 Å². The first kappa shape index (κ1) is 25.1. The molecule has 0 aliphatic heterocycles. The third kappa shape index (κ3) is 7.17. The molecule has 1 rings (SSSR count). The van der Waals surface area contributed by atoms with Gasteiger partial charge in [-0.2, -0.15) is 0 Å². The van der Waals surface area contributed by atoms with Crippen LogP contribution in [-0.2, 0) is 9.59 Å². The SMILES string of the molecule is CCCCC(=O)Oc1c(O)cc(C(=O)O)c(C(=O)CCCC)c1OC(=O)CCCC. The summed E-state index contributed by atoms with van der Waals surface area (Å²) in [6.45, 7) is 5.64. The maximum atomic E-state index is 12.8. The molecule has 2 N–H and O–H groups in total. The second-order valence-corrected chi connectivity index (χ2v) is 6.96. The third-order valence-electron chi connectivity index (χ3n) is 4.38. The summed E-state index contributed by atoms with van der Waals surface area (Å²) in [5.41, 5.74) is -0.892. The highest BCUT2D eigenvalue weighted by atomic mass is 16.6. The molecule has 166 valence electrons. The van der Waals surface area contributed by atoms with Crippen LogP contribution in [0.5, 0.6) is 17.2 Å². The number of ketones is 1. The molecular formula is C22H30O8. The Bertz CT molecular complexity index is 782. The summed E-state index contributed by atoms with van der Waals surface area (Å²) in [6.07, 6.45) is 3.80. The molecule has 0 spiro atoms. The molecule has 30 heavy (non-hydrogen) atoms. The van der Waals surface area contributed by atoms with Crippen LogP contribution in [0.3, 0.4) is 0 Å². The predicted molar refractivity (Wildman–Crippen MR) is 109 cm³/mol. The lowest BCUT2D eigenvalue weighted by atomic mass is 9.97. The van der Waals surface area contributed by atoms with Crippen LogP contribution in [0, 0.1) is 0 Å². The molecule has 0 aromatic heterocycles. The normalized spacial score (nSPS) is 10.5. The number of carboxylic acids is 1. The number of hydrogen-bond acceptors (Lipinski definition) is 7. The van der Waals surface area contributed by atoms with Gasteiger partial charge in [0.25, 0.3) is 0 Å². The Morgan fingerprint density at radius 2 is 1.27 bits per heavy atom. The van der Waals surface area contributed by atoms with Gasteiger partial charge < -0.3 is 19.7 Å². The van der Waals surface area contributed by atoms with Crippen molar-refractivity contribution in [3.8, 4) is 17.2 Å². The summed E-state index contributed by atoms with van der Waals surface area (Å²) in [4.78, 5) is 48.9. The first-order valence-electron chi connectivity index (χ1n) is 10.3. The van der Waals surface area contributed by atoms with E-state index in [0.29, 0.717) is 25.7 Å². The van der Waals surface area contributed by atoms with Gasteiger partial charge in [-0.25, -0.2) is 4.79 Å². The topological polar surface area (TPSA) is 127 Å². The van der Waals surface area contributed by atoms with Crippen LogP contribution >= 0.6 is 0 Å². The maximum absolute atomic E-state index is 12.8. The molecule has 0 aliphatic carbocycles. The fourth-order valence-corrected chi connectivity index (χ4v) is 2.70. The average molecular weight is 422 g/mol. The Kier molecular flexibility index (Phi) is 10.6. The largest absolute Gasteiger partial charge is 0.504 e. The zero-order valence-electron chi connectivity index (χ0n) is 17.8. The quantitative estimate of drug-likeness (QED) is 0.267. The van der Waals surface area contributed by atoms with Gasteiger partial charge in [0.2, 0.25) is 5.75 Å². The van der Waals surface area contributed by atoms with Crippen molar-refractivity contribution in [3.05, 3.63) is 17.2 Å². The van der Waals surface area contributed by atoms with E-state index in [-0.39, 0.29) is 24.8 Å². The van der Waals surface area contributed by atoms with Crippen molar-refractivity contribution in [2.24, 2.45) is 0 Å². The summed E-state index contributed by atoms with van der Waals surface area (Å²) in [5, 5.41) is 19.9. The van der Waals surface area contributed by atoms with Gasteiger partial charge in [-0.15, -0.1) is 0 Å². The molecule has 0 atom stereocenters. The van der Waals surface area contributed by atoms with Gasteiger partial charge in [-0.1, -0.05) is 40.0 Å². The van der Waals surface area contributed by atoms with Crippen molar-refractivity contribution >= 4 is 23.7 Å². The number of Topliss-reactive ketones (excluding diaryl/α,β-unsaturated/α-hetero) is 1. The van der Waals surface area contributed by atoms with Crippen molar-refractivity contribution < 1.29 is 38.9 Å². The summed E-state index contributed by atoms with van der Waals surface area (Å²) in [7, 11) is 0. The molecule has 1 aromatic rings. The minimum absolute atomic E-state index is 0.0181. The Labute approximate surface area is 176 Å². The number of rotatable bonds is 13. The molecular weight excluding hydrogens is 392 g/mol. The Morgan fingerprint density at radius 1 is 0.800 bits per heavy atom. The first-order chi connectivity index (χ1) is 14.3. The van der Waals surface area contributed by atoms with Crippen LogP contribution < -0.4 is 9.47 Å². The van der Waals surface area contributed by atoms with E-state index in [1.807, 2.05) is 20.8 Å². The molecule has 0 amide bonds. The van der Waals surface area contributed by atoms with Gasteiger partial charge in [-0.3, -0.25) is 14.4 Å². The van der Waals surface area contributed by atoms with Gasteiger partial charge in [0, 0.05) is 19.3 Å². The number of esters is 2. The Morgan fingerprint density at radius 3 is 1.73 bits per heavy atom. The number of phenols is 1. The zero-order valence-corrected chi connectivity index (χ0v) is 17.8. The van der Waals surface area contributed by atoms with E-state index in [0.717, 1.165) is 18.9 Å². The van der Waals surface area contributed by atoms with Gasteiger partial charge in [0.15, 0.2) is 17.3 Å². The number of benzene rings is 1. The first-order valence-corrected chi connectivity index (χ1v) is 10.3. The summed E-state index contributed by atoms with van der Waals surface area (Å²) in [6, 6.07) is 0.841. The molecule has 0 fully saturated rings. The monoisotopic (exact) mass is 422 g/mol. The molecule has 0 radical (unpaired) electrons. The average Bonchev–Trinajstić information content (AvgIpc) is 2.70. The van der Waals surface area contributed by atoms with Crippen LogP contribution in [0.25, 0.3) is 0 Å². The molecule has 0 saturated heterocycles. The van der Waals surface area contributed by atoms with Gasteiger partial charge in [0.1, 0.15) is 0 Å². The summed E-state index contributed by atoms with van der Waals surface area (Å²) in [5.74, 6) is -5.16. The van der Waals surface area contributed by atoms with Crippen molar-refractivity contribution in [1.29, 1.82) is 0 Å². The number of carboxylic acid groups (broad SMARTS) is 1. The van der Waals surface area contributed by atoms with Crippen molar-refractivity contribution in [2.45, 2.75) is 78.6 Å². The lowest BCUT2D eigenvalue weighted by Gasteiger charge is -2.17. The summed E-state index contributed by atoms with van der Waals surface area (Å²) < 4.78 is 10.5. The van der Waals surface area contributed by atoms with Crippen LogP contribution in [0.2, 0.25) is 0 Å². The van der Waals surface area contributed by atoms with Crippen LogP contribution in [0.1, 0.15) is 99.3 Å². The van der Waals surface area contributed by atoms with E-state index < -0.39 is 46.5 Å². The highest BCUT2D eigenvalue weighted by molar-refractivity contribution is 6.09. The molecule has 0 bridgehead atoms. The third-order valence-corrected chi connectivity index (χ3v) is 4.38. The number of unbranched alkanes of at least 4 members (excludes halogenated alkanes) is 3. The highest BCUT2D eigenvalue weighted by Crippen LogP contribution is 2.43. The van der Waals surface area contributed by atoms with Crippen LogP contribution in [-0.4, -0.2) is 33.9 Å². The minimum atomic E-state index is -1.47. The molecule has 8 heteroatoms. The molecule has 1 aromatic carbocycles. The van der Waals surface area contributed by atoms with Gasteiger partial charge in [0.05, 0.1) is 11.1 Å². The van der Waals surface area contributed by atoms with E-state index in [1.54, 1.807) is 0 Å². The van der Waals surface area contributed by atoms with Crippen molar-refractivity contribution in [1.82, 2.24) is 0 Å². The number of carbonyl (C=O) groups excluding carboxylic acids is 3. The number of aromatic hydroxyl groups is 1. The molecule has 0 aliphatic rings. The van der Waals surface area contributed by atoms with Crippen LogP contribution in [0.15, 0.2) is 6.07 Å². The molecule has 0 saturated carbocycles. The number of ether oxygens (including phenoxy) is 2. The Hall–Kier alpha value is -2.90. The van der Waals surface area contributed by atoms with Crippen LogP contribution in [0.4, 0.5) is 0 Å². The van der Waals surface area contributed by atoms with Crippen molar-refractivity contribution in [3.63, 3.8) is 0 Å². The second kappa shape index (κ2) is 12.6. The summed E-state index contributed by atoms with van der Waals surface area (Å²) >= 11 is 0. The standard InChI is InChI=1S/C22H30O8/c1-4-7-10-15(23)19-14(22(27)28)13-16(24)20(29-17(25)11-8-5-2)21(19)30-18(26)12-9-6-3/h13,24H,4-12H2,1-3H3,(H,27,28). The predicted octanol–water partition coefficient (Wildman–Crippen LogP) is 4.65. The van der Waals surface area contributed by atoms with Gasteiger partial charge in [-0.05, 0) is 25.3 Å². The van der Waals surface area contributed by atoms with E-state index in [1.165, 1.54) is 0 Å². The molecule has 0 unspecified atom stereocenters. The smallest absolute Gasteiger partial charge is 0.336 e. The van der Waals surface area contributed by atoms with E-state index >= 15 is 0 Å². The number of carbonyl (C=O) groups is 4. The van der Waals surface area contributed by atoms with E-state index in [4.69, 9.17) is 9.47 Å².